The molecule has 2 N–H and O–H groups in total. The largest absolute Gasteiger partial charge is 0.369 e. The molecule has 0 aliphatic carbocycles. The summed E-state index contributed by atoms with van der Waals surface area (Å²) in [7, 11) is 0. The average molecular weight is 187 g/mol. The van der Waals surface area contributed by atoms with Crippen LogP contribution in [0.4, 0.5) is 0 Å². The van der Waals surface area contributed by atoms with Gasteiger partial charge in [0.25, 0.3) is 0 Å². The SMILES string of the molecule is CCc1cccc(C#CCC(N)=O)c1. The van der Waals surface area contributed by atoms with Crippen molar-refractivity contribution in [2.24, 2.45) is 5.73 Å². The minimum atomic E-state index is -0.385. The van der Waals surface area contributed by atoms with Crippen molar-refractivity contribution in [1.82, 2.24) is 0 Å². The van der Waals surface area contributed by atoms with E-state index in [1.165, 1.54) is 5.56 Å². The van der Waals surface area contributed by atoms with Crippen molar-refractivity contribution < 1.29 is 4.79 Å². The number of aryl methyl sites for hydroxylation is 1. The molecule has 0 aliphatic heterocycles. The minimum Gasteiger partial charge on any atom is -0.369 e. The Labute approximate surface area is 84.1 Å². The molecule has 0 bridgehead atoms. The van der Waals surface area contributed by atoms with Gasteiger partial charge in [-0.3, -0.25) is 4.79 Å². The molecule has 0 unspecified atom stereocenters. The Morgan fingerprint density at radius 3 is 2.93 bits per heavy atom. The molecule has 0 saturated heterocycles. The van der Waals surface area contributed by atoms with Crippen LogP contribution in [0.5, 0.6) is 0 Å². The maximum absolute atomic E-state index is 10.4. The number of hydrogen-bond donors (Lipinski definition) is 1. The Bertz CT molecular complexity index is 385. The molecule has 2 nitrogen and oxygen atoms in total. The summed E-state index contributed by atoms with van der Waals surface area (Å²) in [5.41, 5.74) is 7.15. The van der Waals surface area contributed by atoms with E-state index < -0.39 is 0 Å². The highest BCUT2D eigenvalue weighted by molar-refractivity contribution is 5.76. The predicted molar refractivity (Wildman–Crippen MR) is 56.5 cm³/mol. The molecule has 2 heteroatoms. The summed E-state index contributed by atoms with van der Waals surface area (Å²) in [6.07, 6.45) is 1.11. The van der Waals surface area contributed by atoms with Crippen LogP contribution in [-0.4, -0.2) is 5.91 Å². The third-order valence-corrected chi connectivity index (χ3v) is 1.83. The molecule has 1 aromatic carbocycles. The monoisotopic (exact) mass is 187 g/mol. The number of carbonyl (C=O) groups is 1. The van der Waals surface area contributed by atoms with Crippen LogP contribution in [0.25, 0.3) is 0 Å². The molecule has 1 amide bonds. The summed E-state index contributed by atoms with van der Waals surface area (Å²) in [6, 6.07) is 7.97. The standard InChI is InChI=1S/C12H13NO/c1-2-10-5-3-6-11(9-10)7-4-8-12(13)14/h3,5-6,9H,2,8H2,1H3,(H2,13,14). The van der Waals surface area contributed by atoms with E-state index in [2.05, 4.69) is 24.8 Å². The van der Waals surface area contributed by atoms with E-state index >= 15 is 0 Å². The van der Waals surface area contributed by atoms with Crippen LogP contribution >= 0.6 is 0 Å². The van der Waals surface area contributed by atoms with Gasteiger partial charge in [-0.05, 0) is 24.1 Å². The molecule has 0 aliphatic rings. The van der Waals surface area contributed by atoms with Gasteiger partial charge in [0.1, 0.15) is 0 Å². The van der Waals surface area contributed by atoms with E-state index in [0.717, 1.165) is 12.0 Å². The lowest BCUT2D eigenvalue weighted by Crippen LogP contribution is -2.08. The molecule has 1 aromatic rings. The number of rotatable bonds is 2. The van der Waals surface area contributed by atoms with Crippen LogP contribution in [-0.2, 0) is 11.2 Å². The van der Waals surface area contributed by atoms with Gasteiger partial charge in [-0.1, -0.05) is 30.9 Å². The normalized spacial score (nSPS) is 8.93. The van der Waals surface area contributed by atoms with Gasteiger partial charge >= 0.3 is 0 Å². The highest BCUT2D eigenvalue weighted by Crippen LogP contribution is 2.04. The van der Waals surface area contributed by atoms with Crippen LogP contribution in [0.2, 0.25) is 0 Å². The Hall–Kier alpha value is -1.75. The van der Waals surface area contributed by atoms with Crippen LogP contribution in [0.3, 0.4) is 0 Å². The molecule has 0 radical (unpaired) electrons. The van der Waals surface area contributed by atoms with Gasteiger partial charge in [0.15, 0.2) is 0 Å². The smallest absolute Gasteiger partial charge is 0.229 e. The second-order valence-corrected chi connectivity index (χ2v) is 3.00. The van der Waals surface area contributed by atoms with E-state index in [4.69, 9.17) is 5.73 Å². The Kier molecular flexibility index (Phi) is 3.75. The molecule has 1 rings (SSSR count). The summed E-state index contributed by atoms with van der Waals surface area (Å²) in [5, 5.41) is 0. The number of benzene rings is 1. The molecular formula is C12H13NO. The van der Waals surface area contributed by atoms with Crippen LogP contribution in [0.1, 0.15) is 24.5 Å². The highest BCUT2D eigenvalue weighted by Gasteiger charge is 1.90. The first kappa shape index (κ1) is 10.3. The zero-order valence-electron chi connectivity index (χ0n) is 8.21. The molecular weight excluding hydrogens is 174 g/mol. The zero-order chi connectivity index (χ0) is 10.4. The summed E-state index contributed by atoms with van der Waals surface area (Å²) in [5.74, 6) is 5.24. The maximum Gasteiger partial charge on any atom is 0.229 e. The van der Waals surface area contributed by atoms with Gasteiger partial charge in [-0.25, -0.2) is 0 Å². The summed E-state index contributed by atoms with van der Waals surface area (Å²) in [6.45, 7) is 2.09. The van der Waals surface area contributed by atoms with Gasteiger partial charge in [0.05, 0.1) is 6.42 Å². The first-order valence-corrected chi connectivity index (χ1v) is 4.58. The molecule has 0 atom stereocenters. The van der Waals surface area contributed by atoms with Crippen molar-refractivity contribution in [1.29, 1.82) is 0 Å². The average Bonchev–Trinajstić information content (AvgIpc) is 2.18. The fourth-order valence-corrected chi connectivity index (χ4v) is 1.10. The van der Waals surface area contributed by atoms with Gasteiger partial charge in [-0.15, -0.1) is 0 Å². The fraction of sp³-hybridized carbons (Fsp3) is 0.250. The number of hydrogen-bond acceptors (Lipinski definition) is 1. The van der Waals surface area contributed by atoms with Gasteiger partial charge < -0.3 is 5.73 Å². The van der Waals surface area contributed by atoms with E-state index in [1.54, 1.807) is 0 Å². The second-order valence-electron chi connectivity index (χ2n) is 3.00. The quantitative estimate of drug-likeness (QED) is 0.700. The first-order valence-electron chi connectivity index (χ1n) is 4.58. The van der Waals surface area contributed by atoms with Crippen molar-refractivity contribution in [2.75, 3.05) is 0 Å². The molecule has 0 fully saturated rings. The number of nitrogens with two attached hydrogens (primary N) is 1. The van der Waals surface area contributed by atoms with E-state index in [0.29, 0.717) is 0 Å². The van der Waals surface area contributed by atoms with E-state index in [1.807, 2.05) is 18.2 Å². The van der Waals surface area contributed by atoms with E-state index in [9.17, 15) is 4.79 Å². The maximum atomic E-state index is 10.4. The van der Waals surface area contributed by atoms with Crippen molar-refractivity contribution in [3.8, 4) is 11.8 Å². The molecule has 0 aromatic heterocycles. The summed E-state index contributed by atoms with van der Waals surface area (Å²) < 4.78 is 0. The van der Waals surface area contributed by atoms with Crippen LogP contribution in [0, 0.1) is 11.8 Å². The lowest BCUT2D eigenvalue weighted by Gasteiger charge is -1.95. The third-order valence-electron chi connectivity index (χ3n) is 1.83. The Morgan fingerprint density at radius 1 is 1.50 bits per heavy atom. The van der Waals surface area contributed by atoms with Crippen molar-refractivity contribution >= 4 is 5.91 Å². The third kappa shape index (κ3) is 3.32. The van der Waals surface area contributed by atoms with Crippen molar-refractivity contribution in [2.45, 2.75) is 19.8 Å². The number of amides is 1. The van der Waals surface area contributed by atoms with Gasteiger partial charge in [0.2, 0.25) is 5.91 Å². The van der Waals surface area contributed by atoms with Gasteiger partial charge in [0, 0.05) is 5.56 Å². The molecule has 0 heterocycles. The van der Waals surface area contributed by atoms with Crippen LogP contribution < -0.4 is 5.73 Å². The number of primary amides is 1. The minimum absolute atomic E-state index is 0.121. The zero-order valence-corrected chi connectivity index (χ0v) is 8.21. The lowest BCUT2D eigenvalue weighted by molar-refractivity contribution is -0.117. The predicted octanol–water partition coefficient (Wildman–Crippen LogP) is 1.48. The van der Waals surface area contributed by atoms with Gasteiger partial charge in [-0.2, -0.15) is 0 Å². The Balaban J connectivity index is 2.74. The Morgan fingerprint density at radius 2 is 2.29 bits per heavy atom. The van der Waals surface area contributed by atoms with E-state index in [-0.39, 0.29) is 12.3 Å². The molecule has 0 spiro atoms. The van der Waals surface area contributed by atoms with Crippen molar-refractivity contribution in [3.05, 3.63) is 35.4 Å². The molecule has 14 heavy (non-hydrogen) atoms. The van der Waals surface area contributed by atoms with Crippen molar-refractivity contribution in [3.63, 3.8) is 0 Å². The molecule has 72 valence electrons. The van der Waals surface area contributed by atoms with Crippen LogP contribution in [0.15, 0.2) is 24.3 Å². The number of carbonyl (C=O) groups excluding carboxylic acids is 1. The summed E-state index contributed by atoms with van der Waals surface area (Å²) >= 11 is 0. The fourth-order valence-electron chi connectivity index (χ4n) is 1.10. The first-order chi connectivity index (χ1) is 6.72. The highest BCUT2D eigenvalue weighted by atomic mass is 16.1. The summed E-state index contributed by atoms with van der Waals surface area (Å²) in [4.78, 5) is 10.4. The topological polar surface area (TPSA) is 43.1 Å². The lowest BCUT2D eigenvalue weighted by atomic mass is 10.1. The second kappa shape index (κ2) is 5.08. The molecule has 0 saturated carbocycles.